The van der Waals surface area contributed by atoms with Gasteiger partial charge >= 0.3 is 6.03 Å². The summed E-state index contributed by atoms with van der Waals surface area (Å²) in [7, 11) is 1.64. The molecule has 26 heavy (non-hydrogen) atoms. The van der Waals surface area contributed by atoms with Crippen LogP contribution in [0, 0.1) is 11.3 Å². The molecule has 7 heteroatoms. The lowest BCUT2D eigenvalue weighted by Gasteiger charge is -2.21. The summed E-state index contributed by atoms with van der Waals surface area (Å²) >= 11 is 0. The number of hydrogen-bond acceptors (Lipinski definition) is 4. The van der Waals surface area contributed by atoms with Crippen molar-refractivity contribution in [3.8, 4) is 6.07 Å². The van der Waals surface area contributed by atoms with E-state index in [0.717, 1.165) is 10.8 Å². The van der Waals surface area contributed by atoms with Crippen LogP contribution in [-0.4, -0.2) is 28.2 Å². The zero-order chi connectivity index (χ0) is 18.3. The fourth-order valence-electron chi connectivity index (χ4n) is 3.18. The number of aromatic nitrogens is 2. The van der Waals surface area contributed by atoms with Crippen LogP contribution in [0.25, 0.3) is 10.8 Å². The van der Waals surface area contributed by atoms with Gasteiger partial charge in [-0.2, -0.15) is 5.26 Å². The first-order chi connectivity index (χ1) is 12.6. The van der Waals surface area contributed by atoms with E-state index in [1.165, 1.54) is 20.4 Å². The third-order valence-corrected chi connectivity index (χ3v) is 4.56. The molecule has 0 aliphatic carbocycles. The molecule has 1 saturated heterocycles. The number of hydrogen-bond donors (Lipinski definition) is 0. The summed E-state index contributed by atoms with van der Waals surface area (Å²) in [5.41, 5.74) is 0.856. The van der Waals surface area contributed by atoms with Crippen LogP contribution in [0.1, 0.15) is 0 Å². The molecule has 1 unspecified atom stereocenters. The zero-order valence-corrected chi connectivity index (χ0v) is 14.0. The Morgan fingerprint density at radius 3 is 2.77 bits per heavy atom. The molecule has 0 N–H and O–H groups in total. The van der Waals surface area contributed by atoms with E-state index in [4.69, 9.17) is 0 Å². The number of fused-ring (bicyclic) bond motifs is 1. The molecule has 2 aromatic heterocycles. The van der Waals surface area contributed by atoms with Crippen LogP contribution in [0.2, 0.25) is 0 Å². The van der Waals surface area contributed by atoms with Gasteiger partial charge in [0.2, 0.25) is 0 Å². The molecule has 3 heterocycles. The Hall–Kier alpha value is -3.66. The normalized spacial score (nSPS) is 16.9. The highest BCUT2D eigenvalue weighted by molar-refractivity contribution is 6.11. The van der Waals surface area contributed by atoms with Gasteiger partial charge in [0.25, 0.3) is 5.56 Å². The van der Waals surface area contributed by atoms with Crippen molar-refractivity contribution in [2.75, 3.05) is 16.3 Å². The number of anilines is 2. The quantitative estimate of drug-likeness (QED) is 0.713. The lowest BCUT2D eigenvalue weighted by Crippen LogP contribution is -2.35. The number of carbonyl (C=O) groups is 1. The van der Waals surface area contributed by atoms with Crippen LogP contribution in [0.4, 0.5) is 16.2 Å². The summed E-state index contributed by atoms with van der Waals surface area (Å²) in [6.07, 6.45) is 4.92. The fourth-order valence-corrected chi connectivity index (χ4v) is 3.18. The Morgan fingerprint density at radius 1 is 1.19 bits per heavy atom. The van der Waals surface area contributed by atoms with Crippen LogP contribution in [0.3, 0.4) is 0 Å². The number of nitriles is 1. The fraction of sp³-hybridized carbons (Fsp3) is 0.158. The molecule has 4 rings (SSSR count). The van der Waals surface area contributed by atoms with Gasteiger partial charge in [0.15, 0.2) is 0 Å². The molecule has 1 atom stereocenters. The van der Waals surface area contributed by atoms with E-state index in [2.05, 4.69) is 11.1 Å². The van der Waals surface area contributed by atoms with E-state index in [9.17, 15) is 14.9 Å². The Morgan fingerprint density at radius 2 is 2.00 bits per heavy atom. The molecular formula is C19H15N5O2. The Labute approximate surface area is 149 Å². The summed E-state index contributed by atoms with van der Waals surface area (Å²) in [5.74, 6) is 0. The average molecular weight is 345 g/mol. The van der Waals surface area contributed by atoms with Gasteiger partial charge in [-0.3, -0.25) is 19.6 Å². The first-order valence-corrected chi connectivity index (χ1v) is 8.10. The molecule has 1 aliphatic heterocycles. The number of urea groups is 1. The van der Waals surface area contributed by atoms with E-state index in [0.29, 0.717) is 11.4 Å². The van der Waals surface area contributed by atoms with Crippen LogP contribution in [0.15, 0.2) is 59.8 Å². The third kappa shape index (κ3) is 2.40. The lowest BCUT2D eigenvalue weighted by atomic mass is 10.1. The van der Waals surface area contributed by atoms with Crippen molar-refractivity contribution in [1.29, 1.82) is 5.26 Å². The van der Waals surface area contributed by atoms with Gasteiger partial charge in [0.1, 0.15) is 6.04 Å². The maximum Gasteiger partial charge on any atom is 0.330 e. The number of pyridine rings is 2. The summed E-state index contributed by atoms with van der Waals surface area (Å²) in [6.45, 7) is 0.186. The number of nitrogens with zero attached hydrogens (tertiary/aromatic N) is 5. The van der Waals surface area contributed by atoms with Crippen molar-refractivity contribution in [2.24, 2.45) is 7.05 Å². The number of carbonyl (C=O) groups excluding carboxylic acids is 1. The van der Waals surface area contributed by atoms with Crippen LogP contribution in [-0.2, 0) is 7.05 Å². The molecule has 128 valence electrons. The van der Waals surface area contributed by atoms with E-state index in [1.54, 1.807) is 31.7 Å². The van der Waals surface area contributed by atoms with Crippen LogP contribution < -0.4 is 15.4 Å². The maximum atomic E-state index is 13.1. The summed E-state index contributed by atoms with van der Waals surface area (Å²) in [6, 6.07) is 11.9. The minimum atomic E-state index is -0.667. The summed E-state index contributed by atoms with van der Waals surface area (Å²) in [4.78, 5) is 32.1. The topological polar surface area (TPSA) is 82.2 Å². The van der Waals surface area contributed by atoms with Crippen molar-refractivity contribution in [2.45, 2.75) is 6.04 Å². The summed E-state index contributed by atoms with van der Waals surface area (Å²) < 4.78 is 1.43. The van der Waals surface area contributed by atoms with Gasteiger partial charge in [-0.05, 0) is 6.07 Å². The van der Waals surface area contributed by atoms with Gasteiger partial charge < -0.3 is 4.57 Å². The molecule has 0 radical (unpaired) electrons. The van der Waals surface area contributed by atoms with Crippen LogP contribution >= 0.6 is 0 Å². The largest absolute Gasteiger partial charge is 0.330 e. The molecule has 7 nitrogen and oxygen atoms in total. The van der Waals surface area contributed by atoms with Gasteiger partial charge in [-0.15, -0.1) is 0 Å². The molecule has 1 aliphatic rings. The molecule has 0 saturated carbocycles. The smallest absolute Gasteiger partial charge is 0.318 e. The highest BCUT2D eigenvalue weighted by Crippen LogP contribution is 2.32. The lowest BCUT2D eigenvalue weighted by molar-refractivity contribution is 0.255. The molecule has 0 bridgehead atoms. The maximum absolute atomic E-state index is 13.1. The molecule has 0 spiro atoms. The highest BCUT2D eigenvalue weighted by atomic mass is 16.2. The van der Waals surface area contributed by atoms with Crippen molar-refractivity contribution in [1.82, 2.24) is 9.55 Å². The molecule has 1 fully saturated rings. The molecule has 2 amide bonds. The van der Waals surface area contributed by atoms with Gasteiger partial charge in [0, 0.05) is 36.3 Å². The van der Waals surface area contributed by atoms with E-state index in [-0.39, 0.29) is 18.1 Å². The second-order valence-corrected chi connectivity index (χ2v) is 6.12. The van der Waals surface area contributed by atoms with Crippen molar-refractivity contribution in [3.63, 3.8) is 0 Å². The minimum Gasteiger partial charge on any atom is -0.318 e. The number of amides is 2. The van der Waals surface area contributed by atoms with Gasteiger partial charge in [-0.25, -0.2) is 4.79 Å². The Balaban J connectivity index is 1.81. The SMILES string of the molecule is Cn1ccc(N2CC(C#N)N(c3cncc4ccccc34)C2=O)cc1=O. The van der Waals surface area contributed by atoms with Crippen LogP contribution in [0.5, 0.6) is 0 Å². The predicted molar refractivity (Wildman–Crippen MR) is 98.0 cm³/mol. The Kier molecular flexibility index (Phi) is 3.66. The number of aryl methyl sites for hydroxylation is 1. The van der Waals surface area contributed by atoms with Gasteiger partial charge in [-0.1, -0.05) is 24.3 Å². The summed E-state index contributed by atoms with van der Waals surface area (Å²) in [5, 5.41) is 11.3. The monoisotopic (exact) mass is 345 g/mol. The standard InChI is InChI=1S/C19H15N5O2/c1-22-7-6-14(8-18(22)25)23-12-15(9-20)24(19(23)26)17-11-21-10-13-4-2-3-5-16(13)17/h2-8,10-11,15H,12H2,1H3. The minimum absolute atomic E-state index is 0.186. The second-order valence-electron chi connectivity index (χ2n) is 6.12. The second kappa shape index (κ2) is 6.01. The Bertz CT molecular complexity index is 1110. The average Bonchev–Trinajstić information content (AvgIpc) is 3.00. The first kappa shape index (κ1) is 15.8. The van der Waals surface area contributed by atoms with Crippen molar-refractivity contribution in [3.05, 3.63) is 65.3 Å². The van der Waals surface area contributed by atoms with E-state index >= 15 is 0 Å². The molecule has 1 aromatic carbocycles. The third-order valence-electron chi connectivity index (χ3n) is 4.56. The number of rotatable bonds is 2. The highest BCUT2D eigenvalue weighted by Gasteiger charge is 2.40. The zero-order valence-electron chi connectivity index (χ0n) is 14.0. The van der Waals surface area contributed by atoms with Crippen molar-refractivity contribution < 1.29 is 4.79 Å². The number of benzene rings is 1. The van der Waals surface area contributed by atoms with Crippen molar-refractivity contribution >= 4 is 28.2 Å². The predicted octanol–water partition coefficient (Wildman–Crippen LogP) is 2.27. The first-order valence-electron chi connectivity index (χ1n) is 8.10. The van der Waals surface area contributed by atoms with Gasteiger partial charge in [0.05, 0.1) is 30.2 Å². The molecule has 3 aromatic rings. The van der Waals surface area contributed by atoms with E-state index < -0.39 is 6.04 Å². The molecular weight excluding hydrogens is 330 g/mol. The van der Waals surface area contributed by atoms with E-state index in [1.807, 2.05) is 24.3 Å².